The molecular formula is C22H24ClN3O2. The van der Waals surface area contributed by atoms with Crippen molar-refractivity contribution in [1.29, 1.82) is 0 Å². The summed E-state index contributed by atoms with van der Waals surface area (Å²) in [5.74, 6) is 0.675. The van der Waals surface area contributed by atoms with Crippen molar-refractivity contribution in [2.24, 2.45) is 0 Å². The van der Waals surface area contributed by atoms with Crippen LogP contribution in [0.25, 0.3) is 0 Å². The maximum atomic E-state index is 12.3. The molecule has 1 heterocycles. The average Bonchev–Trinajstić information content (AvgIpc) is 3.17. The second-order valence-electron chi connectivity index (χ2n) is 6.74. The molecule has 0 radical (unpaired) electrons. The highest BCUT2D eigenvalue weighted by molar-refractivity contribution is 6.32. The van der Waals surface area contributed by atoms with Gasteiger partial charge in [-0.1, -0.05) is 23.7 Å². The van der Waals surface area contributed by atoms with Gasteiger partial charge in [0.2, 0.25) is 0 Å². The number of nitrogens with one attached hydrogen (secondary N) is 1. The fourth-order valence-electron chi connectivity index (χ4n) is 2.86. The number of aryl methyl sites for hydroxylation is 3. The predicted octanol–water partition coefficient (Wildman–Crippen LogP) is 4.68. The van der Waals surface area contributed by atoms with Crippen LogP contribution in [0.3, 0.4) is 0 Å². The summed E-state index contributed by atoms with van der Waals surface area (Å²) in [6.07, 6.45) is 3.70. The second kappa shape index (κ2) is 8.93. The van der Waals surface area contributed by atoms with Crippen molar-refractivity contribution in [1.82, 2.24) is 15.1 Å². The largest absolute Gasteiger partial charge is 0.489 e. The Bertz CT molecular complexity index is 941. The van der Waals surface area contributed by atoms with E-state index < -0.39 is 0 Å². The van der Waals surface area contributed by atoms with Gasteiger partial charge in [-0.25, -0.2) is 0 Å². The van der Waals surface area contributed by atoms with Gasteiger partial charge >= 0.3 is 0 Å². The molecule has 2 aromatic carbocycles. The number of hydrogen-bond donors (Lipinski definition) is 1. The van der Waals surface area contributed by atoms with Crippen molar-refractivity contribution in [2.45, 2.75) is 40.5 Å². The zero-order valence-electron chi connectivity index (χ0n) is 16.3. The van der Waals surface area contributed by atoms with Crippen molar-refractivity contribution >= 4 is 17.5 Å². The van der Waals surface area contributed by atoms with Gasteiger partial charge in [0.25, 0.3) is 5.91 Å². The summed E-state index contributed by atoms with van der Waals surface area (Å²) >= 11 is 6.19. The van der Waals surface area contributed by atoms with Gasteiger partial charge in [-0.15, -0.1) is 0 Å². The maximum Gasteiger partial charge on any atom is 0.251 e. The molecule has 0 fully saturated rings. The average molecular weight is 398 g/mol. The van der Waals surface area contributed by atoms with Crippen LogP contribution in [0.5, 0.6) is 5.75 Å². The lowest BCUT2D eigenvalue weighted by molar-refractivity contribution is 0.0951. The Morgan fingerprint density at radius 1 is 1.14 bits per heavy atom. The predicted molar refractivity (Wildman–Crippen MR) is 111 cm³/mol. The van der Waals surface area contributed by atoms with Gasteiger partial charge in [-0.2, -0.15) is 5.10 Å². The number of benzene rings is 2. The molecule has 146 valence electrons. The van der Waals surface area contributed by atoms with Crippen molar-refractivity contribution < 1.29 is 9.53 Å². The van der Waals surface area contributed by atoms with E-state index in [4.69, 9.17) is 16.3 Å². The summed E-state index contributed by atoms with van der Waals surface area (Å²) in [5, 5.41) is 7.88. The third kappa shape index (κ3) is 4.93. The van der Waals surface area contributed by atoms with Gasteiger partial charge in [-0.3, -0.25) is 9.48 Å². The quantitative estimate of drug-likeness (QED) is 0.629. The summed E-state index contributed by atoms with van der Waals surface area (Å²) in [7, 11) is 0. The summed E-state index contributed by atoms with van der Waals surface area (Å²) in [6.45, 7) is 7.64. The molecule has 1 amide bonds. The third-order valence-electron chi connectivity index (χ3n) is 4.50. The normalized spacial score (nSPS) is 10.7. The lowest BCUT2D eigenvalue weighted by Gasteiger charge is -2.10. The molecule has 5 nitrogen and oxygen atoms in total. The molecule has 0 aliphatic carbocycles. The lowest BCUT2D eigenvalue weighted by Crippen LogP contribution is -2.22. The molecule has 0 unspecified atom stereocenters. The second-order valence-corrected chi connectivity index (χ2v) is 7.12. The molecule has 1 N–H and O–H groups in total. The number of ether oxygens (including phenoxy) is 1. The zero-order chi connectivity index (χ0) is 20.1. The fraction of sp³-hybridized carbons (Fsp3) is 0.273. The van der Waals surface area contributed by atoms with Crippen molar-refractivity contribution in [3.05, 3.63) is 81.6 Å². The first-order valence-electron chi connectivity index (χ1n) is 9.24. The first-order valence-corrected chi connectivity index (χ1v) is 9.62. The van der Waals surface area contributed by atoms with E-state index in [1.807, 2.05) is 68.0 Å². The SMILES string of the molecule is CCn1cc(CNC(=O)c2ccc(COc3cc(C)c(Cl)c(C)c3)cc2)cn1. The number of hydrogen-bond acceptors (Lipinski definition) is 3. The van der Waals surface area contributed by atoms with Crippen LogP contribution in [0, 0.1) is 13.8 Å². The minimum absolute atomic E-state index is 0.110. The highest BCUT2D eigenvalue weighted by Gasteiger charge is 2.07. The molecule has 3 rings (SSSR count). The van der Waals surface area contributed by atoms with Crippen LogP contribution in [0.15, 0.2) is 48.8 Å². The molecule has 0 atom stereocenters. The lowest BCUT2D eigenvalue weighted by atomic mass is 10.1. The maximum absolute atomic E-state index is 12.3. The molecular weight excluding hydrogens is 374 g/mol. The Morgan fingerprint density at radius 2 is 1.82 bits per heavy atom. The zero-order valence-corrected chi connectivity index (χ0v) is 17.1. The van der Waals surface area contributed by atoms with E-state index in [1.54, 1.807) is 6.20 Å². The number of halogens is 1. The first kappa shape index (κ1) is 20.0. The summed E-state index contributed by atoms with van der Waals surface area (Å²) in [5.41, 5.74) is 4.57. The van der Waals surface area contributed by atoms with Crippen molar-refractivity contribution in [3.63, 3.8) is 0 Å². The molecule has 0 saturated heterocycles. The van der Waals surface area contributed by atoms with Gasteiger partial charge in [-0.05, 0) is 61.7 Å². The number of amides is 1. The molecule has 0 aliphatic heterocycles. The van der Waals surface area contributed by atoms with Crippen LogP contribution < -0.4 is 10.1 Å². The summed E-state index contributed by atoms with van der Waals surface area (Å²) in [6, 6.07) is 11.3. The van der Waals surface area contributed by atoms with E-state index in [1.165, 1.54) is 0 Å². The molecule has 6 heteroatoms. The van der Waals surface area contributed by atoms with Crippen molar-refractivity contribution in [3.8, 4) is 5.75 Å². The molecule has 0 saturated carbocycles. The van der Waals surface area contributed by atoms with E-state index in [-0.39, 0.29) is 5.91 Å². The Hall–Kier alpha value is -2.79. The van der Waals surface area contributed by atoms with Gasteiger partial charge in [0.1, 0.15) is 12.4 Å². The van der Waals surface area contributed by atoms with Crippen LogP contribution in [0.1, 0.15) is 39.5 Å². The molecule has 0 aliphatic rings. The van der Waals surface area contributed by atoms with Crippen LogP contribution in [-0.4, -0.2) is 15.7 Å². The standard InChI is InChI=1S/C22H24ClN3O2/c1-4-26-13-18(12-25-26)11-24-22(27)19-7-5-17(6-8-19)14-28-20-9-15(2)21(23)16(3)10-20/h5-10,12-13H,4,11,14H2,1-3H3,(H,24,27). The van der Waals surface area contributed by atoms with Crippen LogP contribution >= 0.6 is 11.6 Å². The van der Waals surface area contributed by atoms with Crippen LogP contribution in [0.4, 0.5) is 0 Å². The van der Waals surface area contributed by atoms with E-state index in [2.05, 4.69) is 10.4 Å². The molecule has 3 aromatic rings. The van der Waals surface area contributed by atoms with E-state index in [0.29, 0.717) is 18.7 Å². The minimum atomic E-state index is -0.110. The summed E-state index contributed by atoms with van der Waals surface area (Å²) < 4.78 is 7.69. The van der Waals surface area contributed by atoms with Gasteiger partial charge < -0.3 is 10.1 Å². The fourth-order valence-corrected chi connectivity index (χ4v) is 2.97. The third-order valence-corrected chi connectivity index (χ3v) is 5.09. The Labute approximate surface area is 170 Å². The topological polar surface area (TPSA) is 56.2 Å². The first-order chi connectivity index (χ1) is 13.5. The highest BCUT2D eigenvalue weighted by atomic mass is 35.5. The van der Waals surface area contributed by atoms with Crippen molar-refractivity contribution in [2.75, 3.05) is 0 Å². The van der Waals surface area contributed by atoms with Gasteiger partial charge in [0.05, 0.1) is 6.20 Å². The molecule has 28 heavy (non-hydrogen) atoms. The van der Waals surface area contributed by atoms with Crippen LogP contribution in [-0.2, 0) is 19.7 Å². The molecule has 0 bridgehead atoms. The highest BCUT2D eigenvalue weighted by Crippen LogP contribution is 2.26. The van der Waals surface area contributed by atoms with E-state index in [0.717, 1.165) is 39.6 Å². The minimum Gasteiger partial charge on any atom is -0.489 e. The molecule has 1 aromatic heterocycles. The molecule has 0 spiro atoms. The van der Waals surface area contributed by atoms with E-state index >= 15 is 0 Å². The van der Waals surface area contributed by atoms with E-state index in [9.17, 15) is 4.79 Å². The number of carbonyl (C=O) groups is 1. The summed E-state index contributed by atoms with van der Waals surface area (Å²) in [4.78, 5) is 12.3. The van der Waals surface area contributed by atoms with Gasteiger partial charge in [0, 0.05) is 35.4 Å². The number of rotatable bonds is 7. The van der Waals surface area contributed by atoms with Gasteiger partial charge in [0.15, 0.2) is 0 Å². The Kier molecular flexibility index (Phi) is 6.37. The Balaban J connectivity index is 1.54. The Morgan fingerprint density at radius 3 is 2.43 bits per heavy atom. The number of nitrogens with zero attached hydrogens (tertiary/aromatic N) is 2. The van der Waals surface area contributed by atoms with Crippen LogP contribution in [0.2, 0.25) is 5.02 Å². The number of carbonyl (C=O) groups excluding carboxylic acids is 1. The number of aromatic nitrogens is 2. The smallest absolute Gasteiger partial charge is 0.251 e. The monoisotopic (exact) mass is 397 g/mol.